The summed E-state index contributed by atoms with van der Waals surface area (Å²) in [5, 5.41) is 0. The van der Waals surface area contributed by atoms with Crippen LogP contribution in [-0.4, -0.2) is 6.03 Å². The van der Waals surface area contributed by atoms with E-state index in [0.717, 1.165) is 5.92 Å². The first kappa shape index (κ1) is 21.6. The van der Waals surface area contributed by atoms with E-state index in [1.165, 1.54) is 18.9 Å². The second-order valence-corrected chi connectivity index (χ2v) is 4.16. The van der Waals surface area contributed by atoms with E-state index in [1.807, 2.05) is 0 Å². The van der Waals surface area contributed by atoms with Crippen molar-refractivity contribution in [3.05, 3.63) is 12.8 Å². The molecular formula is C10H18OPY2-3. The fourth-order valence-corrected chi connectivity index (χ4v) is 1.19. The molecule has 0 aromatic heterocycles. The second kappa shape index (κ2) is 11.8. The molecule has 1 unspecified atom stereocenters. The fraction of sp³-hybridized carbons (Fsp3) is 0.700. The van der Waals surface area contributed by atoms with Gasteiger partial charge in [-0.15, -0.1) is 13.8 Å². The molecule has 1 aliphatic rings. The third-order valence-electron chi connectivity index (χ3n) is 2.09. The van der Waals surface area contributed by atoms with Crippen molar-refractivity contribution in [1.82, 2.24) is 0 Å². The van der Waals surface area contributed by atoms with Gasteiger partial charge in [0.05, 0.1) is 0 Å². The Morgan fingerprint density at radius 2 is 1.57 bits per heavy atom. The summed E-state index contributed by atoms with van der Waals surface area (Å²) >= 11 is 0. The van der Waals surface area contributed by atoms with Crippen LogP contribution in [0.25, 0.3) is 0 Å². The van der Waals surface area contributed by atoms with Gasteiger partial charge in [0.25, 0.3) is 0 Å². The molecule has 0 bridgehead atoms. The molecule has 0 spiro atoms. The van der Waals surface area contributed by atoms with Crippen LogP contribution in [-0.2, 0) is 70.2 Å². The van der Waals surface area contributed by atoms with Crippen molar-refractivity contribution in [3.63, 3.8) is 0 Å². The van der Waals surface area contributed by atoms with E-state index >= 15 is 0 Å². The van der Waals surface area contributed by atoms with E-state index < -0.39 is 0 Å². The van der Waals surface area contributed by atoms with Crippen LogP contribution in [0.4, 0.5) is 0 Å². The summed E-state index contributed by atoms with van der Waals surface area (Å²) in [7, 11) is 1.77. The monoisotopic (exact) mass is 363 g/mol. The smallest absolute Gasteiger partial charge is 0 e. The zero-order valence-corrected chi connectivity index (χ0v) is 16.1. The Morgan fingerprint density at radius 3 is 1.79 bits per heavy atom. The predicted molar refractivity (Wildman–Crippen MR) is 56.2 cm³/mol. The first-order valence-corrected chi connectivity index (χ1v) is 4.86. The molecule has 1 fully saturated rings. The van der Waals surface area contributed by atoms with Crippen LogP contribution in [0.2, 0.25) is 0 Å². The molecule has 0 saturated heterocycles. The summed E-state index contributed by atoms with van der Waals surface area (Å²) in [6.45, 7) is 6.86. The van der Waals surface area contributed by atoms with Crippen molar-refractivity contribution >= 4 is 15.3 Å². The Morgan fingerprint density at radius 1 is 1.29 bits per heavy atom. The van der Waals surface area contributed by atoms with Crippen molar-refractivity contribution in [2.24, 2.45) is 11.3 Å². The zero-order chi connectivity index (χ0) is 9.61. The van der Waals surface area contributed by atoms with Gasteiger partial charge in [0.2, 0.25) is 0 Å². The Hall–Kier alpha value is 2.31. The summed E-state index contributed by atoms with van der Waals surface area (Å²) in [6, 6.07) is 1.42. The molecule has 0 amide bonds. The molecule has 1 atom stereocenters. The van der Waals surface area contributed by atoms with E-state index in [0.29, 0.717) is 5.41 Å². The average molecular weight is 363 g/mol. The van der Waals surface area contributed by atoms with Crippen LogP contribution >= 0.6 is 9.24 Å². The van der Waals surface area contributed by atoms with E-state index in [1.54, 1.807) is 9.24 Å². The van der Waals surface area contributed by atoms with Crippen molar-refractivity contribution in [3.8, 4) is 0 Å². The molecule has 1 nitrogen and oxygen atoms in total. The van der Waals surface area contributed by atoms with Crippen LogP contribution in [0.15, 0.2) is 0 Å². The second-order valence-electron chi connectivity index (χ2n) is 3.92. The topological polar surface area (TPSA) is 17.1 Å². The maximum atomic E-state index is 8.64. The molecule has 0 aromatic rings. The van der Waals surface area contributed by atoms with Crippen LogP contribution < -0.4 is 0 Å². The molecule has 14 heavy (non-hydrogen) atoms. The van der Waals surface area contributed by atoms with Crippen LogP contribution in [0.3, 0.4) is 0 Å². The zero-order valence-electron chi connectivity index (χ0n) is 9.29. The fourth-order valence-electron chi connectivity index (χ4n) is 1.19. The van der Waals surface area contributed by atoms with Crippen molar-refractivity contribution < 1.29 is 70.2 Å². The van der Waals surface area contributed by atoms with Gasteiger partial charge in [-0.3, -0.25) is 14.7 Å². The van der Waals surface area contributed by atoms with Gasteiger partial charge in [0.1, 0.15) is 0 Å². The van der Waals surface area contributed by atoms with Gasteiger partial charge in [-0.05, 0) is 0 Å². The number of carbonyl (C=O) groups excluding carboxylic acids is 1. The van der Waals surface area contributed by atoms with Gasteiger partial charge in [-0.25, -0.2) is 6.03 Å². The molecular weight excluding hydrogens is 345 g/mol. The van der Waals surface area contributed by atoms with Crippen LogP contribution in [0, 0.1) is 24.2 Å². The molecule has 0 aliphatic heterocycles. The normalized spacial score (nSPS) is 19.1. The molecule has 0 heterocycles. The Bertz CT molecular complexity index is 130. The minimum absolute atomic E-state index is 0. The summed E-state index contributed by atoms with van der Waals surface area (Å²) in [5.74, 6) is 0.887. The maximum Gasteiger partial charge on any atom is 0 e. The molecule has 2 radical (unpaired) electrons. The average Bonchev–Trinajstić information content (AvgIpc) is 1.98. The standard InChI is InChI=1S/C9H16.CH2OP.2Y/c1-8-4-6-9(2,3)7-5-8;2-1-3;;/h6-8H,4-5H2,1-3H3;3H2;;/q-2;-1;;. The van der Waals surface area contributed by atoms with E-state index in [-0.39, 0.29) is 65.4 Å². The van der Waals surface area contributed by atoms with Crippen LogP contribution in [0.1, 0.15) is 33.6 Å². The van der Waals surface area contributed by atoms with Crippen molar-refractivity contribution in [2.45, 2.75) is 33.6 Å². The van der Waals surface area contributed by atoms with Gasteiger partial charge in [-0.1, -0.05) is 12.8 Å². The van der Waals surface area contributed by atoms with Crippen LogP contribution in [0.5, 0.6) is 0 Å². The third kappa shape index (κ3) is 12.4. The van der Waals surface area contributed by atoms with Gasteiger partial charge in [0.15, 0.2) is 0 Å². The van der Waals surface area contributed by atoms with Crippen molar-refractivity contribution in [2.75, 3.05) is 0 Å². The molecule has 4 heteroatoms. The minimum atomic E-state index is 0. The minimum Gasteiger partial charge on any atom is -0.537 e. The number of hydrogen-bond donors (Lipinski definition) is 0. The van der Waals surface area contributed by atoms with Gasteiger partial charge < -0.3 is 17.6 Å². The molecule has 0 aromatic carbocycles. The summed E-state index contributed by atoms with van der Waals surface area (Å²) in [6.07, 6.45) is 7.43. The molecule has 1 aliphatic carbocycles. The molecule has 1 rings (SSSR count). The van der Waals surface area contributed by atoms with E-state index in [9.17, 15) is 0 Å². The van der Waals surface area contributed by atoms with Gasteiger partial charge in [-0.2, -0.15) is 12.8 Å². The van der Waals surface area contributed by atoms with Gasteiger partial charge in [0, 0.05) is 65.4 Å². The Kier molecular flexibility index (Phi) is 18.2. The predicted octanol–water partition coefficient (Wildman–Crippen LogP) is 2.77. The van der Waals surface area contributed by atoms with Gasteiger partial charge >= 0.3 is 0 Å². The Balaban J connectivity index is -0.000000218. The first-order chi connectivity index (χ1) is 5.52. The summed E-state index contributed by atoms with van der Waals surface area (Å²) < 4.78 is 0. The largest absolute Gasteiger partial charge is 0.537 e. The number of hydrogen-bond acceptors (Lipinski definition) is 1. The molecule has 78 valence electrons. The molecule has 0 N–H and O–H groups in total. The van der Waals surface area contributed by atoms with E-state index in [2.05, 4.69) is 33.6 Å². The summed E-state index contributed by atoms with van der Waals surface area (Å²) in [5.41, 5.74) is 0.409. The third-order valence-corrected chi connectivity index (χ3v) is 2.09. The summed E-state index contributed by atoms with van der Waals surface area (Å²) in [4.78, 5) is 8.64. The molecule has 1 saturated carbocycles. The first-order valence-electron chi connectivity index (χ1n) is 4.28. The number of rotatable bonds is 0. The van der Waals surface area contributed by atoms with E-state index in [4.69, 9.17) is 4.79 Å². The SMILES string of the molecule is CC1C[CH-]C(C)(C)[CH-]C1.O=[C-]P.[Y].[Y]. The Labute approximate surface area is 141 Å². The quantitative estimate of drug-likeness (QED) is 0.478. The maximum absolute atomic E-state index is 8.64. The van der Waals surface area contributed by atoms with Crippen molar-refractivity contribution in [1.29, 1.82) is 0 Å².